The van der Waals surface area contributed by atoms with Crippen molar-refractivity contribution in [3.05, 3.63) is 58.7 Å². The first-order valence-corrected chi connectivity index (χ1v) is 10.3. The van der Waals surface area contributed by atoms with Gasteiger partial charge in [-0.25, -0.2) is 0 Å². The van der Waals surface area contributed by atoms with Gasteiger partial charge in [-0.15, -0.1) is 0 Å². The van der Waals surface area contributed by atoms with Crippen LogP contribution in [0, 0.1) is 0 Å². The minimum atomic E-state index is 0. The van der Waals surface area contributed by atoms with Crippen molar-refractivity contribution in [2.24, 2.45) is 0 Å². The Labute approximate surface area is 247 Å². The van der Waals surface area contributed by atoms with Crippen molar-refractivity contribution in [1.82, 2.24) is 0 Å². The van der Waals surface area contributed by atoms with Crippen LogP contribution in [0.3, 0.4) is 0 Å². The standard InChI is InChI=1S/2C12H15N.4ClH.2Pt/c2*1-8-6-10-4-3-5-11-7-9(2)13(8)12(10)11;;;;;;/h2*3-5,8-9H,6-7H2,1-2H3;4*1H;;/q;;;;;;2*+2/p-4. The summed E-state index contributed by atoms with van der Waals surface area (Å²) in [6.07, 6.45) is 4.97. The summed E-state index contributed by atoms with van der Waals surface area (Å²) in [6.45, 7) is 9.36. The molecule has 184 valence electrons. The molecule has 2 aromatic carbocycles. The molecule has 0 saturated carbocycles. The van der Waals surface area contributed by atoms with Crippen molar-refractivity contribution in [3.8, 4) is 0 Å². The van der Waals surface area contributed by atoms with Crippen LogP contribution in [0.25, 0.3) is 0 Å². The van der Waals surface area contributed by atoms with E-state index in [-0.39, 0.29) is 91.8 Å². The van der Waals surface area contributed by atoms with Crippen LogP contribution < -0.4 is 59.4 Å². The minimum Gasteiger partial charge on any atom is -1.00 e. The van der Waals surface area contributed by atoms with Crippen LogP contribution in [0.15, 0.2) is 36.4 Å². The fourth-order valence-corrected chi connectivity index (χ4v) is 6.03. The normalized spacial score (nSPS) is 24.0. The van der Waals surface area contributed by atoms with Gasteiger partial charge < -0.3 is 59.4 Å². The van der Waals surface area contributed by atoms with Crippen molar-refractivity contribution >= 4 is 11.4 Å². The molecule has 0 bridgehead atoms. The van der Waals surface area contributed by atoms with Gasteiger partial charge in [0.25, 0.3) is 0 Å². The maximum atomic E-state index is 2.60. The predicted octanol–water partition coefficient (Wildman–Crippen LogP) is -7.22. The number of para-hydroxylation sites is 2. The monoisotopic (exact) mass is 876 g/mol. The molecule has 32 heavy (non-hydrogen) atoms. The Bertz CT molecular complexity index is 751. The molecule has 0 aromatic heterocycles. The summed E-state index contributed by atoms with van der Waals surface area (Å²) in [4.78, 5) is 5.20. The van der Waals surface area contributed by atoms with Gasteiger partial charge in [0.2, 0.25) is 0 Å². The summed E-state index contributed by atoms with van der Waals surface area (Å²) >= 11 is 0. The van der Waals surface area contributed by atoms with Gasteiger partial charge in [-0.1, -0.05) is 36.4 Å². The van der Waals surface area contributed by atoms with Crippen LogP contribution in [0.1, 0.15) is 49.9 Å². The van der Waals surface area contributed by atoms with E-state index in [0.717, 1.165) is 0 Å². The molecule has 4 unspecified atom stereocenters. The minimum absolute atomic E-state index is 0. The molecule has 8 heteroatoms. The summed E-state index contributed by atoms with van der Waals surface area (Å²) in [5.41, 5.74) is 9.37. The van der Waals surface area contributed by atoms with Crippen LogP contribution in [0.5, 0.6) is 0 Å². The van der Waals surface area contributed by atoms with Crippen molar-refractivity contribution in [2.75, 3.05) is 9.80 Å². The van der Waals surface area contributed by atoms with E-state index >= 15 is 0 Å². The number of hydrogen-bond acceptors (Lipinski definition) is 2. The second-order valence-electron chi connectivity index (χ2n) is 8.88. The Kier molecular flexibility index (Phi) is 14.8. The molecule has 0 aliphatic carbocycles. The third-order valence-corrected chi connectivity index (χ3v) is 6.88. The van der Waals surface area contributed by atoms with Crippen molar-refractivity contribution in [1.29, 1.82) is 0 Å². The second-order valence-corrected chi connectivity index (χ2v) is 8.88. The number of hydrogen-bond donors (Lipinski definition) is 0. The maximum absolute atomic E-state index is 2.60. The largest absolute Gasteiger partial charge is 2.00 e. The first kappa shape index (κ1) is 34.7. The van der Waals surface area contributed by atoms with Gasteiger partial charge >= 0.3 is 42.1 Å². The van der Waals surface area contributed by atoms with Gasteiger partial charge in [-0.2, -0.15) is 0 Å². The van der Waals surface area contributed by atoms with Gasteiger partial charge in [-0.05, 0) is 75.6 Å². The first-order valence-electron chi connectivity index (χ1n) is 10.3. The molecule has 4 aliphatic heterocycles. The molecule has 4 aliphatic rings. The van der Waals surface area contributed by atoms with Crippen LogP contribution in [-0.2, 0) is 67.8 Å². The Morgan fingerprint density at radius 2 is 0.719 bits per heavy atom. The van der Waals surface area contributed by atoms with Crippen molar-refractivity contribution < 1.29 is 91.8 Å². The zero-order chi connectivity index (χ0) is 18.0. The average Bonchev–Trinajstić information content (AvgIpc) is 3.30. The van der Waals surface area contributed by atoms with E-state index in [9.17, 15) is 0 Å². The second kappa shape index (κ2) is 13.6. The van der Waals surface area contributed by atoms with Crippen LogP contribution in [0.4, 0.5) is 11.4 Å². The van der Waals surface area contributed by atoms with E-state index in [1.165, 1.54) is 25.7 Å². The zero-order valence-corrected chi connectivity index (χ0v) is 26.2. The number of anilines is 2. The predicted molar refractivity (Wildman–Crippen MR) is 111 cm³/mol. The molecule has 0 amide bonds. The topological polar surface area (TPSA) is 6.48 Å². The molecule has 0 fully saturated rings. The molecule has 0 saturated heterocycles. The molecule has 2 aromatic rings. The van der Waals surface area contributed by atoms with Crippen LogP contribution in [0.2, 0.25) is 0 Å². The van der Waals surface area contributed by atoms with Crippen molar-refractivity contribution in [3.63, 3.8) is 0 Å². The van der Waals surface area contributed by atoms with Gasteiger partial charge in [0.15, 0.2) is 0 Å². The molecule has 2 nitrogen and oxygen atoms in total. The molecule has 0 radical (unpaired) electrons. The Hall–Kier alpha value is 0.577. The maximum Gasteiger partial charge on any atom is 2.00 e. The molecule has 0 spiro atoms. The number of halogens is 4. The fraction of sp³-hybridized carbons (Fsp3) is 0.500. The Morgan fingerprint density at radius 3 is 0.938 bits per heavy atom. The van der Waals surface area contributed by atoms with Gasteiger partial charge in [-0.3, -0.25) is 0 Å². The van der Waals surface area contributed by atoms with Crippen molar-refractivity contribution in [2.45, 2.75) is 77.5 Å². The van der Waals surface area contributed by atoms with E-state index in [1.54, 1.807) is 33.6 Å². The Balaban J connectivity index is 0. The zero-order valence-electron chi connectivity index (χ0n) is 18.6. The van der Waals surface area contributed by atoms with Crippen LogP contribution >= 0.6 is 0 Å². The average molecular weight is 878 g/mol. The summed E-state index contributed by atoms with van der Waals surface area (Å²) in [5, 5.41) is 0. The quantitative estimate of drug-likeness (QED) is 0.260. The van der Waals surface area contributed by atoms with E-state index in [0.29, 0.717) is 24.2 Å². The van der Waals surface area contributed by atoms with E-state index in [4.69, 9.17) is 0 Å². The number of nitrogens with zero attached hydrogens (tertiary/aromatic N) is 2. The van der Waals surface area contributed by atoms with Gasteiger partial charge in [0.1, 0.15) is 0 Å². The molecule has 0 N–H and O–H groups in total. The molecule has 6 rings (SSSR count). The summed E-state index contributed by atoms with van der Waals surface area (Å²) in [5.74, 6) is 0. The SMILES string of the molecule is CC1Cc2cccc3c2N1C(C)C3.CC1Cc2cccc3c2N1C(C)C3.[Cl-].[Cl-].[Cl-].[Cl-].[Pt+2].[Pt+2]. The summed E-state index contributed by atoms with van der Waals surface area (Å²) < 4.78 is 0. The number of rotatable bonds is 0. The van der Waals surface area contributed by atoms with E-state index in [2.05, 4.69) is 73.9 Å². The van der Waals surface area contributed by atoms with E-state index in [1.807, 2.05) is 0 Å². The van der Waals surface area contributed by atoms with Crippen LogP contribution in [-0.4, -0.2) is 24.2 Å². The Morgan fingerprint density at radius 1 is 0.500 bits per heavy atom. The molecule has 4 heterocycles. The molecule has 4 atom stereocenters. The third-order valence-electron chi connectivity index (χ3n) is 6.88. The third kappa shape index (κ3) is 5.69. The fourth-order valence-electron chi connectivity index (χ4n) is 6.03. The van der Waals surface area contributed by atoms with E-state index < -0.39 is 0 Å². The van der Waals surface area contributed by atoms with Gasteiger partial charge in [0, 0.05) is 35.5 Å². The van der Waals surface area contributed by atoms with Gasteiger partial charge in [0.05, 0.1) is 0 Å². The summed E-state index contributed by atoms with van der Waals surface area (Å²) in [7, 11) is 0. The first-order chi connectivity index (χ1) is 12.5. The molecular formula is C24H30Cl4N2Pt2. The molecular weight excluding hydrogens is 848 g/mol. The number of benzene rings is 2. The smallest absolute Gasteiger partial charge is 1.00 e. The summed E-state index contributed by atoms with van der Waals surface area (Å²) in [6, 6.07) is 16.4.